The fraction of sp³-hybridized carbons (Fsp3) is 0.130. The average Bonchev–Trinajstić information content (AvgIpc) is 2.75. The lowest BCUT2D eigenvalue weighted by Gasteiger charge is -2.15. The Morgan fingerprint density at radius 2 is 1.69 bits per heavy atom. The summed E-state index contributed by atoms with van der Waals surface area (Å²) in [7, 11) is 1.59. The molecule has 0 bridgehead atoms. The molecule has 0 heterocycles. The third-order valence-electron chi connectivity index (χ3n) is 4.10. The highest BCUT2D eigenvalue weighted by molar-refractivity contribution is 5.87. The fourth-order valence-electron chi connectivity index (χ4n) is 2.61. The van der Waals surface area contributed by atoms with E-state index in [9.17, 15) is 4.79 Å². The molecule has 148 valence electrons. The van der Waals surface area contributed by atoms with Gasteiger partial charge in [0, 0.05) is 0 Å². The predicted molar refractivity (Wildman–Crippen MR) is 115 cm³/mol. The zero-order chi connectivity index (χ0) is 20.5. The van der Waals surface area contributed by atoms with Gasteiger partial charge in [-0.25, -0.2) is 5.43 Å². The number of amides is 1. The normalized spacial score (nSPS) is 11.7. The number of ether oxygens (including phenoxy) is 2. The molecule has 1 amide bonds. The van der Waals surface area contributed by atoms with Gasteiger partial charge in [-0.15, -0.1) is 0 Å². The van der Waals surface area contributed by atoms with E-state index < -0.39 is 6.04 Å². The zero-order valence-corrected chi connectivity index (χ0v) is 16.3. The lowest BCUT2D eigenvalue weighted by molar-refractivity contribution is -0.121. The Kier molecular flexibility index (Phi) is 6.84. The molecule has 0 saturated carbocycles. The van der Waals surface area contributed by atoms with Gasteiger partial charge in [0.05, 0.1) is 19.0 Å². The van der Waals surface area contributed by atoms with E-state index >= 15 is 0 Å². The Labute approximate surface area is 170 Å². The van der Waals surface area contributed by atoms with E-state index in [0.29, 0.717) is 11.5 Å². The molecule has 6 nitrogen and oxygen atoms in total. The fourth-order valence-corrected chi connectivity index (χ4v) is 2.61. The van der Waals surface area contributed by atoms with E-state index in [2.05, 4.69) is 15.8 Å². The van der Waals surface area contributed by atoms with Gasteiger partial charge < -0.3 is 14.8 Å². The van der Waals surface area contributed by atoms with E-state index in [0.717, 1.165) is 17.0 Å². The number of hydrogen-bond donors (Lipinski definition) is 2. The summed E-state index contributed by atoms with van der Waals surface area (Å²) in [6, 6.07) is 23.9. The Morgan fingerprint density at radius 1 is 0.966 bits per heavy atom. The van der Waals surface area contributed by atoms with E-state index in [-0.39, 0.29) is 5.91 Å². The van der Waals surface area contributed by atoms with E-state index in [4.69, 9.17) is 9.47 Å². The molecule has 0 radical (unpaired) electrons. The summed E-state index contributed by atoms with van der Waals surface area (Å²) in [5.74, 6) is 1.86. The highest BCUT2D eigenvalue weighted by atomic mass is 16.5. The number of nitrogens with one attached hydrogen (secondary N) is 2. The Hall–Kier alpha value is -3.80. The molecule has 0 spiro atoms. The number of carbonyl (C=O) groups excluding carboxylic acids is 1. The van der Waals surface area contributed by atoms with E-state index in [1.54, 1.807) is 20.2 Å². The standard InChI is InChI=1S/C23H23N3O3/c1-17(25-21-13-6-7-14-22(21)28-2)23(27)26-24-16-18-9-8-12-20(15-18)29-19-10-4-3-5-11-19/h3-17,25H,1-2H3,(H,26,27)/b24-16-/t17-/m0/s1. The maximum atomic E-state index is 12.3. The van der Waals surface area contributed by atoms with Crippen LogP contribution >= 0.6 is 0 Å². The maximum Gasteiger partial charge on any atom is 0.262 e. The van der Waals surface area contributed by atoms with Gasteiger partial charge in [-0.2, -0.15) is 5.10 Å². The molecule has 0 fully saturated rings. The summed E-state index contributed by atoms with van der Waals surface area (Å²) in [6.07, 6.45) is 1.57. The van der Waals surface area contributed by atoms with Crippen molar-refractivity contribution < 1.29 is 14.3 Å². The Balaban J connectivity index is 1.56. The van der Waals surface area contributed by atoms with E-state index in [1.165, 1.54) is 0 Å². The van der Waals surface area contributed by atoms with Gasteiger partial charge in [0.1, 0.15) is 23.3 Å². The van der Waals surface area contributed by atoms with Crippen LogP contribution < -0.4 is 20.2 Å². The second-order valence-corrected chi connectivity index (χ2v) is 6.29. The average molecular weight is 389 g/mol. The maximum absolute atomic E-state index is 12.3. The van der Waals surface area contributed by atoms with Gasteiger partial charge in [0.25, 0.3) is 5.91 Å². The van der Waals surface area contributed by atoms with Crippen molar-refractivity contribution in [3.8, 4) is 17.2 Å². The van der Waals surface area contributed by atoms with Crippen molar-refractivity contribution in [2.45, 2.75) is 13.0 Å². The quantitative estimate of drug-likeness (QED) is 0.441. The third-order valence-corrected chi connectivity index (χ3v) is 4.10. The highest BCUT2D eigenvalue weighted by Gasteiger charge is 2.13. The lowest BCUT2D eigenvalue weighted by Crippen LogP contribution is -2.35. The molecule has 2 N–H and O–H groups in total. The van der Waals surface area contributed by atoms with Crippen LogP contribution in [0.15, 0.2) is 84.0 Å². The molecule has 3 aromatic carbocycles. The van der Waals surface area contributed by atoms with Gasteiger partial charge in [-0.3, -0.25) is 4.79 Å². The zero-order valence-electron chi connectivity index (χ0n) is 16.3. The van der Waals surface area contributed by atoms with Gasteiger partial charge in [-0.05, 0) is 48.9 Å². The van der Waals surface area contributed by atoms with Gasteiger partial charge in [-0.1, -0.05) is 42.5 Å². The monoisotopic (exact) mass is 389 g/mol. The molecule has 0 aliphatic rings. The van der Waals surface area contributed by atoms with Crippen LogP contribution in [0.25, 0.3) is 0 Å². The third kappa shape index (κ3) is 5.84. The second-order valence-electron chi connectivity index (χ2n) is 6.29. The van der Waals surface area contributed by atoms with Crippen LogP contribution in [0.5, 0.6) is 17.2 Å². The van der Waals surface area contributed by atoms with E-state index in [1.807, 2.05) is 78.9 Å². The number of rotatable bonds is 8. The van der Waals surface area contributed by atoms with Crippen molar-refractivity contribution in [1.29, 1.82) is 0 Å². The summed E-state index contributed by atoms with van der Waals surface area (Å²) >= 11 is 0. The van der Waals surface area contributed by atoms with Crippen molar-refractivity contribution in [2.75, 3.05) is 12.4 Å². The largest absolute Gasteiger partial charge is 0.495 e. The van der Waals surface area contributed by atoms with Crippen molar-refractivity contribution in [3.05, 3.63) is 84.4 Å². The van der Waals surface area contributed by atoms with Crippen molar-refractivity contribution in [3.63, 3.8) is 0 Å². The molecule has 0 aromatic heterocycles. The molecule has 0 aliphatic carbocycles. The minimum Gasteiger partial charge on any atom is -0.495 e. The Morgan fingerprint density at radius 3 is 2.48 bits per heavy atom. The summed E-state index contributed by atoms with van der Waals surface area (Å²) in [6.45, 7) is 1.76. The summed E-state index contributed by atoms with van der Waals surface area (Å²) in [4.78, 5) is 12.3. The number of para-hydroxylation sites is 3. The van der Waals surface area contributed by atoms with Gasteiger partial charge in [0.2, 0.25) is 0 Å². The molecule has 6 heteroatoms. The van der Waals surface area contributed by atoms with Crippen LogP contribution in [-0.4, -0.2) is 25.3 Å². The summed E-state index contributed by atoms with van der Waals surface area (Å²) < 4.78 is 11.1. The van der Waals surface area contributed by atoms with Gasteiger partial charge in [0.15, 0.2) is 0 Å². The molecular weight excluding hydrogens is 366 g/mol. The lowest BCUT2D eigenvalue weighted by atomic mass is 10.2. The summed E-state index contributed by atoms with van der Waals surface area (Å²) in [5, 5.41) is 7.16. The highest BCUT2D eigenvalue weighted by Crippen LogP contribution is 2.24. The van der Waals surface area contributed by atoms with Crippen LogP contribution in [0.4, 0.5) is 5.69 Å². The van der Waals surface area contributed by atoms with Crippen LogP contribution in [0.3, 0.4) is 0 Å². The van der Waals surface area contributed by atoms with Gasteiger partial charge >= 0.3 is 0 Å². The first kappa shape index (κ1) is 19.9. The first-order valence-electron chi connectivity index (χ1n) is 9.21. The SMILES string of the molecule is COc1ccccc1N[C@@H](C)C(=O)N/N=C\c1cccc(Oc2ccccc2)c1. The minimum absolute atomic E-state index is 0.260. The topological polar surface area (TPSA) is 72.0 Å². The summed E-state index contributed by atoms with van der Waals surface area (Å²) in [5.41, 5.74) is 4.10. The molecule has 29 heavy (non-hydrogen) atoms. The van der Waals surface area contributed by atoms with Crippen molar-refractivity contribution in [1.82, 2.24) is 5.43 Å². The molecule has 3 rings (SSSR count). The molecule has 0 aliphatic heterocycles. The first-order chi connectivity index (χ1) is 14.2. The minimum atomic E-state index is -0.490. The molecule has 0 saturated heterocycles. The number of methoxy groups -OCH3 is 1. The predicted octanol–water partition coefficient (Wildman–Crippen LogP) is 4.44. The number of benzene rings is 3. The molecule has 1 atom stereocenters. The molecule has 0 unspecified atom stereocenters. The van der Waals surface area contributed by atoms with Crippen molar-refractivity contribution in [2.24, 2.45) is 5.10 Å². The molecule has 3 aromatic rings. The number of carbonyl (C=O) groups is 1. The first-order valence-corrected chi connectivity index (χ1v) is 9.21. The van der Waals surface area contributed by atoms with Crippen LogP contribution in [-0.2, 0) is 4.79 Å². The van der Waals surface area contributed by atoms with Crippen molar-refractivity contribution >= 4 is 17.8 Å². The smallest absolute Gasteiger partial charge is 0.262 e. The van der Waals surface area contributed by atoms with Crippen LogP contribution in [0.2, 0.25) is 0 Å². The number of hydrogen-bond acceptors (Lipinski definition) is 5. The van der Waals surface area contributed by atoms with Crippen LogP contribution in [0.1, 0.15) is 12.5 Å². The second kappa shape index (κ2) is 9.94. The number of hydrazone groups is 1. The Bertz CT molecular complexity index is 974. The number of nitrogens with zero attached hydrogens (tertiary/aromatic N) is 1. The van der Waals surface area contributed by atoms with Crippen LogP contribution in [0, 0.1) is 0 Å². The molecular formula is C23H23N3O3. The number of anilines is 1.